The molecular formula is C16H23NO3. The molecule has 0 heterocycles. The van der Waals surface area contributed by atoms with E-state index in [2.05, 4.69) is 0 Å². The maximum atomic E-state index is 12.3. The monoisotopic (exact) mass is 277 g/mol. The van der Waals surface area contributed by atoms with Crippen LogP contribution in [-0.2, 0) is 0 Å². The predicted molar refractivity (Wildman–Crippen MR) is 78.5 cm³/mol. The lowest BCUT2D eigenvalue weighted by Crippen LogP contribution is -2.25. The Balaban J connectivity index is 2.39. The first-order valence-electron chi connectivity index (χ1n) is 6.98. The van der Waals surface area contributed by atoms with E-state index in [9.17, 15) is 4.79 Å². The van der Waals surface area contributed by atoms with Crippen LogP contribution in [0.3, 0.4) is 0 Å². The van der Waals surface area contributed by atoms with E-state index in [0.29, 0.717) is 17.1 Å². The number of hydrogen-bond donors (Lipinski definition) is 0. The van der Waals surface area contributed by atoms with Crippen LogP contribution < -0.4 is 9.47 Å². The summed E-state index contributed by atoms with van der Waals surface area (Å²) in [5, 5.41) is 0. The Hall–Kier alpha value is -1.71. The smallest absolute Gasteiger partial charge is 0.257 e. The van der Waals surface area contributed by atoms with E-state index in [0.717, 1.165) is 12.8 Å². The van der Waals surface area contributed by atoms with E-state index in [4.69, 9.17) is 9.47 Å². The van der Waals surface area contributed by atoms with Gasteiger partial charge in [-0.05, 0) is 45.7 Å². The minimum atomic E-state index is -0.332. The van der Waals surface area contributed by atoms with Gasteiger partial charge < -0.3 is 14.4 Å². The molecule has 4 heteroatoms. The summed E-state index contributed by atoms with van der Waals surface area (Å²) < 4.78 is 11.9. The molecule has 0 spiro atoms. The van der Waals surface area contributed by atoms with E-state index in [-0.39, 0.29) is 17.6 Å². The fourth-order valence-corrected chi connectivity index (χ4v) is 1.81. The van der Waals surface area contributed by atoms with Crippen molar-refractivity contribution in [1.82, 2.24) is 4.90 Å². The lowest BCUT2D eigenvalue weighted by Gasteiger charge is -2.24. The van der Waals surface area contributed by atoms with Gasteiger partial charge >= 0.3 is 0 Å². The molecule has 1 aromatic rings. The summed E-state index contributed by atoms with van der Waals surface area (Å²) in [5.41, 5.74) is 0.227. The summed E-state index contributed by atoms with van der Waals surface area (Å²) in [5.74, 6) is 1.14. The number of para-hydroxylation sites is 1. The average molecular weight is 277 g/mol. The molecule has 0 atom stereocenters. The van der Waals surface area contributed by atoms with E-state index in [1.54, 1.807) is 25.1 Å². The number of ether oxygens (including phenoxy) is 2. The van der Waals surface area contributed by atoms with Gasteiger partial charge in [-0.15, -0.1) is 0 Å². The molecule has 20 heavy (non-hydrogen) atoms. The average Bonchev–Trinajstić information content (AvgIpc) is 3.12. The predicted octanol–water partition coefficient (Wildman–Crippen LogP) is 3.11. The summed E-state index contributed by atoms with van der Waals surface area (Å²) in [7, 11) is 3.47. The highest BCUT2D eigenvalue weighted by atomic mass is 16.5. The maximum absolute atomic E-state index is 12.3. The van der Waals surface area contributed by atoms with Crippen molar-refractivity contribution in [3.05, 3.63) is 23.8 Å². The number of carbonyl (C=O) groups is 1. The molecular weight excluding hydrogens is 254 g/mol. The molecule has 1 aromatic carbocycles. The molecule has 1 fully saturated rings. The maximum Gasteiger partial charge on any atom is 0.257 e. The zero-order valence-electron chi connectivity index (χ0n) is 12.9. The Bertz CT molecular complexity index is 499. The third-order valence-corrected chi connectivity index (χ3v) is 2.84. The zero-order chi connectivity index (χ0) is 14.9. The van der Waals surface area contributed by atoms with Gasteiger partial charge in [0.2, 0.25) is 0 Å². The van der Waals surface area contributed by atoms with Gasteiger partial charge in [0.25, 0.3) is 5.91 Å². The Labute approximate surface area is 120 Å². The molecule has 2 rings (SSSR count). The molecule has 0 unspecified atom stereocenters. The highest BCUT2D eigenvalue weighted by Gasteiger charge is 2.29. The van der Waals surface area contributed by atoms with Crippen LogP contribution >= 0.6 is 0 Å². The van der Waals surface area contributed by atoms with Crippen LogP contribution in [0.2, 0.25) is 0 Å². The number of rotatable bonds is 4. The first-order chi connectivity index (χ1) is 9.28. The van der Waals surface area contributed by atoms with Gasteiger partial charge in [0.15, 0.2) is 11.5 Å². The minimum Gasteiger partial charge on any atom is -0.486 e. The lowest BCUT2D eigenvalue weighted by molar-refractivity contribution is 0.0816. The van der Waals surface area contributed by atoms with Gasteiger partial charge in [-0.25, -0.2) is 0 Å². The molecule has 0 radical (unpaired) electrons. The van der Waals surface area contributed by atoms with Crippen LogP contribution in [0, 0.1) is 0 Å². The third-order valence-electron chi connectivity index (χ3n) is 2.84. The van der Waals surface area contributed by atoms with Gasteiger partial charge in [-0.1, -0.05) is 6.07 Å². The van der Waals surface area contributed by atoms with E-state index < -0.39 is 0 Å². The molecule has 0 saturated heterocycles. The van der Waals surface area contributed by atoms with Gasteiger partial charge in [-0.2, -0.15) is 0 Å². The summed E-state index contributed by atoms with van der Waals surface area (Å²) in [4.78, 5) is 13.8. The normalized spacial score (nSPS) is 14.8. The van der Waals surface area contributed by atoms with Crippen molar-refractivity contribution in [1.29, 1.82) is 0 Å². The molecule has 0 N–H and O–H groups in total. The number of hydrogen-bond acceptors (Lipinski definition) is 3. The Morgan fingerprint density at radius 1 is 1.25 bits per heavy atom. The Morgan fingerprint density at radius 2 is 1.90 bits per heavy atom. The molecule has 0 bridgehead atoms. The highest BCUT2D eigenvalue weighted by Crippen LogP contribution is 2.38. The molecule has 1 saturated carbocycles. The molecule has 1 aliphatic carbocycles. The number of benzene rings is 1. The van der Waals surface area contributed by atoms with Crippen LogP contribution in [-0.4, -0.2) is 36.6 Å². The minimum absolute atomic E-state index is 0.0694. The Kier molecular flexibility index (Phi) is 3.93. The van der Waals surface area contributed by atoms with Gasteiger partial charge in [0.1, 0.15) is 5.60 Å². The first-order valence-corrected chi connectivity index (χ1v) is 6.98. The lowest BCUT2D eigenvalue weighted by atomic mass is 10.1. The van der Waals surface area contributed by atoms with Crippen molar-refractivity contribution in [3.63, 3.8) is 0 Å². The van der Waals surface area contributed by atoms with Crippen LogP contribution in [0.25, 0.3) is 0 Å². The van der Waals surface area contributed by atoms with Crippen LogP contribution in [0.5, 0.6) is 11.5 Å². The second-order valence-corrected chi connectivity index (χ2v) is 6.36. The molecule has 110 valence electrons. The molecule has 1 amide bonds. The summed E-state index contributed by atoms with van der Waals surface area (Å²) in [6.45, 7) is 5.94. The van der Waals surface area contributed by atoms with Crippen molar-refractivity contribution in [3.8, 4) is 11.5 Å². The fraction of sp³-hybridized carbons (Fsp3) is 0.562. The van der Waals surface area contributed by atoms with E-state index in [1.807, 2.05) is 32.9 Å². The van der Waals surface area contributed by atoms with Crippen molar-refractivity contribution in [2.45, 2.75) is 45.3 Å². The number of nitrogens with zero attached hydrogens (tertiary/aromatic N) is 1. The highest BCUT2D eigenvalue weighted by molar-refractivity contribution is 5.97. The number of carbonyl (C=O) groups excluding carboxylic acids is 1. The van der Waals surface area contributed by atoms with Crippen LogP contribution in [0.15, 0.2) is 18.2 Å². The van der Waals surface area contributed by atoms with Gasteiger partial charge in [0.05, 0.1) is 11.7 Å². The van der Waals surface area contributed by atoms with E-state index in [1.165, 1.54) is 0 Å². The van der Waals surface area contributed by atoms with Crippen molar-refractivity contribution >= 4 is 5.91 Å². The zero-order valence-corrected chi connectivity index (χ0v) is 12.9. The summed E-state index contributed by atoms with van der Waals surface area (Å²) >= 11 is 0. The molecule has 1 aliphatic rings. The summed E-state index contributed by atoms with van der Waals surface area (Å²) in [6, 6.07) is 5.47. The first kappa shape index (κ1) is 14.7. The van der Waals surface area contributed by atoms with Gasteiger partial charge in [0, 0.05) is 14.1 Å². The largest absolute Gasteiger partial charge is 0.486 e. The van der Waals surface area contributed by atoms with Gasteiger partial charge in [-0.3, -0.25) is 4.79 Å². The SMILES string of the molecule is CN(C)C(=O)c1cccc(OC(C)(C)C)c1OC1CC1. The Morgan fingerprint density at radius 3 is 2.40 bits per heavy atom. The van der Waals surface area contributed by atoms with Crippen molar-refractivity contribution in [2.24, 2.45) is 0 Å². The second-order valence-electron chi connectivity index (χ2n) is 6.36. The molecule has 4 nitrogen and oxygen atoms in total. The summed E-state index contributed by atoms with van der Waals surface area (Å²) in [6.07, 6.45) is 2.30. The van der Waals surface area contributed by atoms with Crippen LogP contribution in [0.4, 0.5) is 0 Å². The fourth-order valence-electron chi connectivity index (χ4n) is 1.81. The third kappa shape index (κ3) is 3.65. The van der Waals surface area contributed by atoms with Crippen LogP contribution in [0.1, 0.15) is 44.0 Å². The van der Waals surface area contributed by atoms with Crippen molar-refractivity contribution < 1.29 is 14.3 Å². The topological polar surface area (TPSA) is 38.8 Å². The molecule has 0 aromatic heterocycles. The quantitative estimate of drug-likeness (QED) is 0.849. The molecule has 0 aliphatic heterocycles. The van der Waals surface area contributed by atoms with E-state index >= 15 is 0 Å². The second kappa shape index (κ2) is 5.35. The van der Waals surface area contributed by atoms with Crippen molar-refractivity contribution in [2.75, 3.05) is 14.1 Å². The standard InChI is InChI=1S/C16H23NO3/c1-16(2,3)20-13-8-6-7-12(15(18)17(4)5)14(13)19-11-9-10-11/h6-8,11H,9-10H2,1-5H3. The number of amides is 1.